The molecule has 0 saturated carbocycles. The minimum Gasteiger partial charge on any atom is -0.478 e. The lowest BCUT2D eigenvalue weighted by molar-refractivity contribution is -0.131. The first-order valence-electron chi connectivity index (χ1n) is 3.70. The van der Waals surface area contributed by atoms with Crippen molar-refractivity contribution < 1.29 is 15.0 Å². The van der Waals surface area contributed by atoms with Gasteiger partial charge < -0.3 is 10.2 Å². The van der Waals surface area contributed by atoms with Gasteiger partial charge in [0.1, 0.15) is 0 Å². The molecule has 1 atom stereocenters. The van der Waals surface area contributed by atoms with E-state index in [4.69, 9.17) is 10.2 Å². The highest BCUT2D eigenvalue weighted by Crippen LogP contribution is 2.00. The Kier molecular flexibility index (Phi) is 5.47. The van der Waals surface area contributed by atoms with Crippen LogP contribution in [0.1, 0.15) is 26.2 Å². The first-order chi connectivity index (χ1) is 5.13. The third-order valence-corrected chi connectivity index (χ3v) is 1.25. The zero-order chi connectivity index (χ0) is 8.69. The number of allylic oxidation sites excluding steroid dienone is 1. The number of rotatable bonds is 5. The molecule has 0 fully saturated rings. The maximum Gasteiger partial charge on any atom is 0.327 e. The van der Waals surface area contributed by atoms with Crippen LogP contribution in [0.25, 0.3) is 0 Å². The molecular weight excluding hydrogens is 144 g/mol. The van der Waals surface area contributed by atoms with Gasteiger partial charge in [0, 0.05) is 6.08 Å². The summed E-state index contributed by atoms with van der Waals surface area (Å²) in [4.78, 5) is 9.96. The van der Waals surface area contributed by atoms with Crippen LogP contribution in [0.5, 0.6) is 0 Å². The van der Waals surface area contributed by atoms with Gasteiger partial charge in [-0.15, -0.1) is 0 Å². The molecule has 0 saturated heterocycles. The van der Waals surface area contributed by atoms with Crippen molar-refractivity contribution in [2.45, 2.75) is 32.3 Å². The lowest BCUT2D eigenvalue weighted by Gasteiger charge is -1.99. The highest BCUT2D eigenvalue weighted by atomic mass is 16.4. The third-order valence-electron chi connectivity index (χ3n) is 1.25. The van der Waals surface area contributed by atoms with E-state index in [-0.39, 0.29) is 6.10 Å². The number of aliphatic carboxylic acids is 1. The van der Waals surface area contributed by atoms with Gasteiger partial charge in [-0.2, -0.15) is 0 Å². The van der Waals surface area contributed by atoms with Crippen molar-refractivity contribution in [1.29, 1.82) is 0 Å². The Balaban J connectivity index is 3.21. The van der Waals surface area contributed by atoms with Crippen molar-refractivity contribution in [3.05, 3.63) is 12.2 Å². The van der Waals surface area contributed by atoms with E-state index in [2.05, 4.69) is 0 Å². The predicted octanol–water partition coefficient (Wildman–Crippen LogP) is 1.18. The van der Waals surface area contributed by atoms with E-state index in [0.717, 1.165) is 25.3 Å². The van der Waals surface area contributed by atoms with Gasteiger partial charge in [0.2, 0.25) is 0 Å². The summed E-state index contributed by atoms with van der Waals surface area (Å²) in [6.45, 7) is 1.72. The average molecular weight is 158 g/mol. The maximum absolute atomic E-state index is 9.96. The van der Waals surface area contributed by atoms with Crippen molar-refractivity contribution in [2.75, 3.05) is 0 Å². The van der Waals surface area contributed by atoms with Crippen LogP contribution in [0.3, 0.4) is 0 Å². The maximum atomic E-state index is 9.96. The number of unbranched alkanes of at least 4 members (excludes halogenated alkanes) is 1. The monoisotopic (exact) mass is 158 g/mol. The summed E-state index contributed by atoms with van der Waals surface area (Å²) in [5.74, 6) is -0.915. The highest BCUT2D eigenvalue weighted by Gasteiger charge is 1.92. The van der Waals surface area contributed by atoms with Crippen LogP contribution in [-0.2, 0) is 4.79 Å². The fourth-order valence-electron chi connectivity index (χ4n) is 0.715. The lowest BCUT2D eigenvalue weighted by Crippen LogP contribution is -1.97. The molecule has 0 rings (SSSR count). The normalized spacial score (nSPS) is 13.6. The topological polar surface area (TPSA) is 57.5 Å². The van der Waals surface area contributed by atoms with E-state index in [1.54, 1.807) is 13.0 Å². The molecule has 0 heterocycles. The van der Waals surface area contributed by atoms with E-state index >= 15 is 0 Å². The molecule has 0 spiro atoms. The predicted molar refractivity (Wildman–Crippen MR) is 42.3 cm³/mol. The molecule has 11 heavy (non-hydrogen) atoms. The first-order valence-corrected chi connectivity index (χ1v) is 3.70. The number of carboxylic acid groups (broad SMARTS) is 1. The molecular formula is C8H14O3. The molecule has 0 aliphatic rings. The number of hydrogen-bond acceptors (Lipinski definition) is 2. The molecule has 0 bridgehead atoms. The summed E-state index contributed by atoms with van der Waals surface area (Å²) in [5.41, 5.74) is 0. The second-order valence-electron chi connectivity index (χ2n) is 2.52. The summed E-state index contributed by atoms with van der Waals surface area (Å²) in [6, 6.07) is 0. The molecule has 0 aromatic rings. The number of carboxylic acids is 1. The quantitative estimate of drug-likeness (QED) is 0.466. The Bertz CT molecular complexity index is 138. The lowest BCUT2D eigenvalue weighted by atomic mass is 10.2. The van der Waals surface area contributed by atoms with Crippen molar-refractivity contribution in [1.82, 2.24) is 0 Å². The molecule has 0 radical (unpaired) electrons. The molecule has 0 aromatic carbocycles. The number of hydrogen-bond donors (Lipinski definition) is 2. The van der Waals surface area contributed by atoms with Crippen molar-refractivity contribution in [3.8, 4) is 0 Å². The zero-order valence-corrected chi connectivity index (χ0v) is 6.66. The molecule has 0 aliphatic heterocycles. The molecule has 2 N–H and O–H groups in total. The molecule has 0 aromatic heterocycles. The van der Waals surface area contributed by atoms with Gasteiger partial charge in [-0.05, 0) is 26.2 Å². The molecule has 64 valence electrons. The van der Waals surface area contributed by atoms with E-state index < -0.39 is 5.97 Å². The van der Waals surface area contributed by atoms with Crippen molar-refractivity contribution in [3.63, 3.8) is 0 Å². The van der Waals surface area contributed by atoms with Crippen LogP contribution in [0, 0.1) is 0 Å². The second kappa shape index (κ2) is 5.92. The van der Waals surface area contributed by atoms with Crippen LogP contribution in [0.4, 0.5) is 0 Å². The van der Waals surface area contributed by atoms with Gasteiger partial charge >= 0.3 is 5.97 Å². The van der Waals surface area contributed by atoms with Gasteiger partial charge in [0.25, 0.3) is 0 Å². The summed E-state index contributed by atoms with van der Waals surface area (Å²) in [6.07, 6.45) is 4.73. The largest absolute Gasteiger partial charge is 0.478 e. The minimum atomic E-state index is -0.915. The molecule has 0 amide bonds. The van der Waals surface area contributed by atoms with Crippen LogP contribution < -0.4 is 0 Å². The minimum absolute atomic E-state index is 0.284. The van der Waals surface area contributed by atoms with Gasteiger partial charge in [-0.1, -0.05) is 6.08 Å². The fraction of sp³-hybridized carbons (Fsp3) is 0.625. The van der Waals surface area contributed by atoms with Crippen molar-refractivity contribution in [2.24, 2.45) is 0 Å². The number of aliphatic hydroxyl groups is 1. The Morgan fingerprint density at radius 1 is 1.64 bits per heavy atom. The summed E-state index contributed by atoms with van der Waals surface area (Å²) in [7, 11) is 0. The first kappa shape index (κ1) is 10.2. The van der Waals surface area contributed by atoms with E-state index in [0.29, 0.717) is 0 Å². The molecule has 0 aliphatic carbocycles. The average Bonchev–Trinajstić information content (AvgIpc) is 1.85. The van der Waals surface area contributed by atoms with Crippen LogP contribution in [0.15, 0.2) is 12.2 Å². The van der Waals surface area contributed by atoms with Crippen LogP contribution >= 0.6 is 0 Å². The SMILES string of the molecule is CC(O)CCC/C=C/C(=O)O. The summed E-state index contributed by atoms with van der Waals surface area (Å²) < 4.78 is 0. The van der Waals surface area contributed by atoms with E-state index in [1.807, 2.05) is 0 Å². The van der Waals surface area contributed by atoms with Gasteiger partial charge in [-0.3, -0.25) is 0 Å². The smallest absolute Gasteiger partial charge is 0.327 e. The molecule has 3 nitrogen and oxygen atoms in total. The Labute approximate surface area is 66.4 Å². The van der Waals surface area contributed by atoms with Crippen LogP contribution in [-0.4, -0.2) is 22.3 Å². The number of carbonyl (C=O) groups is 1. The zero-order valence-electron chi connectivity index (χ0n) is 6.66. The Hall–Kier alpha value is -0.830. The van der Waals surface area contributed by atoms with Gasteiger partial charge in [-0.25, -0.2) is 4.79 Å². The summed E-state index contributed by atoms with van der Waals surface area (Å²) in [5, 5.41) is 17.0. The number of aliphatic hydroxyl groups excluding tert-OH is 1. The summed E-state index contributed by atoms with van der Waals surface area (Å²) >= 11 is 0. The van der Waals surface area contributed by atoms with E-state index in [9.17, 15) is 4.79 Å². The Morgan fingerprint density at radius 3 is 2.73 bits per heavy atom. The standard InChI is InChI=1S/C8H14O3/c1-7(9)5-3-2-4-6-8(10)11/h4,6-7,9H,2-3,5H2,1H3,(H,10,11)/b6-4+. The van der Waals surface area contributed by atoms with Crippen LogP contribution in [0.2, 0.25) is 0 Å². The Morgan fingerprint density at radius 2 is 2.27 bits per heavy atom. The second-order valence-corrected chi connectivity index (χ2v) is 2.52. The molecule has 3 heteroatoms. The highest BCUT2D eigenvalue weighted by molar-refractivity contribution is 5.79. The van der Waals surface area contributed by atoms with Crippen molar-refractivity contribution >= 4 is 5.97 Å². The van der Waals surface area contributed by atoms with Gasteiger partial charge in [0.15, 0.2) is 0 Å². The van der Waals surface area contributed by atoms with Gasteiger partial charge in [0.05, 0.1) is 6.10 Å². The third kappa shape index (κ3) is 9.17. The molecule has 1 unspecified atom stereocenters. The van der Waals surface area contributed by atoms with E-state index in [1.165, 1.54) is 0 Å². The fourth-order valence-corrected chi connectivity index (χ4v) is 0.715.